The minimum Gasteiger partial charge on any atom is -0.481 e. The lowest BCUT2D eigenvalue weighted by Crippen LogP contribution is -2.59. The highest BCUT2D eigenvalue weighted by Gasteiger charge is 2.74. The Morgan fingerprint density at radius 2 is 1.62 bits per heavy atom. The molecule has 0 heterocycles. The van der Waals surface area contributed by atoms with E-state index in [2.05, 4.69) is 0 Å². The number of aliphatic carboxylic acids is 1. The summed E-state index contributed by atoms with van der Waals surface area (Å²) in [6, 6.07) is 0. The van der Waals surface area contributed by atoms with Crippen LogP contribution >= 0.6 is 0 Å². The van der Waals surface area contributed by atoms with E-state index in [1.165, 1.54) is 0 Å². The van der Waals surface area contributed by atoms with E-state index in [1.54, 1.807) is 0 Å². The SMILES string of the molecule is O=C(O)C1(C(F)(F)F)CC(F)(F)C1. The summed E-state index contributed by atoms with van der Waals surface area (Å²) in [5.41, 5.74) is -3.24. The van der Waals surface area contributed by atoms with E-state index in [-0.39, 0.29) is 0 Å². The maximum atomic E-state index is 12.2. The van der Waals surface area contributed by atoms with Gasteiger partial charge in [-0.1, -0.05) is 0 Å². The van der Waals surface area contributed by atoms with Crippen LogP contribution in [-0.4, -0.2) is 23.2 Å². The lowest BCUT2D eigenvalue weighted by Gasteiger charge is -2.44. The van der Waals surface area contributed by atoms with Gasteiger partial charge in [-0.3, -0.25) is 4.79 Å². The van der Waals surface area contributed by atoms with Crippen LogP contribution in [0.5, 0.6) is 0 Å². The Balaban J connectivity index is 2.91. The Morgan fingerprint density at radius 3 is 1.69 bits per heavy atom. The minimum atomic E-state index is -5.11. The number of rotatable bonds is 1. The average Bonchev–Trinajstić information content (AvgIpc) is 1.78. The molecule has 1 fully saturated rings. The van der Waals surface area contributed by atoms with Crippen LogP contribution < -0.4 is 0 Å². The van der Waals surface area contributed by atoms with Crippen molar-refractivity contribution in [3.63, 3.8) is 0 Å². The summed E-state index contributed by atoms with van der Waals surface area (Å²) in [6.07, 6.45) is -8.42. The Hall–Kier alpha value is -0.880. The fourth-order valence-corrected chi connectivity index (χ4v) is 1.30. The van der Waals surface area contributed by atoms with Crippen LogP contribution in [0.1, 0.15) is 12.8 Å². The van der Waals surface area contributed by atoms with Gasteiger partial charge in [0.1, 0.15) is 0 Å². The molecule has 0 unspecified atom stereocenters. The summed E-state index contributed by atoms with van der Waals surface area (Å²) in [7, 11) is 0. The van der Waals surface area contributed by atoms with Crippen LogP contribution in [0.2, 0.25) is 0 Å². The van der Waals surface area contributed by atoms with E-state index in [0.29, 0.717) is 0 Å². The molecule has 0 radical (unpaired) electrons. The average molecular weight is 204 g/mol. The second-order valence-corrected chi connectivity index (χ2v) is 3.09. The van der Waals surface area contributed by atoms with Crippen LogP contribution in [0.25, 0.3) is 0 Å². The van der Waals surface area contributed by atoms with Crippen molar-refractivity contribution in [2.24, 2.45) is 5.41 Å². The summed E-state index contributed by atoms with van der Waals surface area (Å²) >= 11 is 0. The lowest BCUT2D eigenvalue weighted by molar-refractivity contribution is -0.302. The molecule has 0 amide bonds. The van der Waals surface area contributed by atoms with Crippen molar-refractivity contribution in [1.82, 2.24) is 0 Å². The summed E-state index contributed by atoms with van der Waals surface area (Å²) in [5.74, 6) is -5.74. The van der Waals surface area contributed by atoms with E-state index in [1.807, 2.05) is 0 Å². The molecule has 1 N–H and O–H groups in total. The van der Waals surface area contributed by atoms with Crippen LogP contribution in [0, 0.1) is 5.41 Å². The third kappa shape index (κ3) is 1.36. The molecule has 0 atom stereocenters. The van der Waals surface area contributed by atoms with Gasteiger partial charge in [-0.2, -0.15) is 13.2 Å². The van der Waals surface area contributed by atoms with Crippen molar-refractivity contribution >= 4 is 5.97 Å². The largest absolute Gasteiger partial charge is 0.481 e. The fraction of sp³-hybridized carbons (Fsp3) is 0.833. The lowest BCUT2D eigenvalue weighted by atomic mass is 9.65. The molecule has 1 aliphatic carbocycles. The highest BCUT2D eigenvalue weighted by atomic mass is 19.4. The van der Waals surface area contributed by atoms with Crippen molar-refractivity contribution in [2.75, 3.05) is 0 Å². The van der Waals surface area contributed by atoms with Gasteiger partial charge >= 0.3 is 12.1 Å². The first-order chi connectivity index (χ1) is 5.61. The highest BCUT2D eigenvalue weighted by molar-refractivity contribution is 5.77. The second-order valence-electron chi connectivity index (χ2n) is 3.09. The number of hydrogen-bond donors (Lipinski definition) is 1. The van der Waals surface area contributed by atoms with Crippen LogP contribution in [0.3, 0.4) is 0 Å². The van der Waals surface area contributed by atoms with Crippen LogP contribution in [0.4, 0.5) is 22.0 Å². The first kappa shape index (κ1) is 10.2. The predicted molar refractivity (Wildman–Crippen MR) is 30.3 cm³/mol. The first-order valence-electron chi connectivity index (χ1n) is 3.29. The maximum Gasteiger partial charge on any atom is 0.405 e. The first-order valence-corrected chi connectivity index (χ1v) is 3.29. The molecular weight excluding hydrogens is 199 g/mol. The minimum absolute atomic E-state index is 1.65. The van der Waals surface area contributed by atoms with Gasteiger partial charge in [-0.05, 0) is 0 Å². The quantitative estimate of drug-likeness (QED) is 0.663. The summed E-state index contributed by atoms with van der Waals surface area (Å²) in [6.45, 7) is 0. The van der Waals surface area contributed by atoms with Crippen molar-refractivity contribution in [1.29, 1.82) is 0 Å². The van der Waals surface area contributed by atoms with E-state index in [9.17, 15) is 26.7 Å². The third-order valence-electron chi connectivity index (χ3n) is 2.07. The smallest absolute Gasteiger partial charge is 0.405 e. The van der Waals surface area contributed by atoms with Gasteiger partial charge in [0, 0.05) is 12.8 Å². The molecule has 0 saturated heterocycles. The molecule has 2 nitrogen and oxygen atoms in total. The Kier molecular flexibility index (Phi) is 1.83. The molecule has 76 valence electrons. The summed E-state index contributed by atoms with van der Waals surface area (Å²) < 4.78 is 60.4. The van der Waals surface area contributed by atoms with E-state index in [0.717, 1.165) is 0 Å². The normalized spacial score (nSPS) is 25.0. The number of halogens is 5. The molecule has 1 rings (SSSR count). The van der Waals surface area contributed by atoms with Gasteiger partial charge in [-0.15, -0.1) is 0 Å². The zero-order chi connectivity index (χ0) is 10.5. The van der Waals surface area contributed by atoms with Gasteiger partial charge < -0.3 is 5.11 Å². The Labute approximate surface area is 69.3 Å². The Bertz CT molecular complexity index is 236. The van der Waals surface area contributed by atoms with Crippen molar-refractivity contribution in [3.8, 4) is 0 Å². The zero-order valence-corrected chi connectivity index (χ0v) is 6.16. The fourth-order valence-electron chi connectivity index (χ4n) is 1.30. The monoisotopic (exact) mass is 204 g/mol. The standard InChI is InChI=1S/C6H5F5O2/c7-5(8)1-4(2-5,3(12)13)6(9,10)11/h1-2H2,(H,12,13). The van der Waals surface area contributed by atoms with Crippen LogP contribution in [0.15, 0.2) is 0 Å². The molecule has 0 spiro atoms. The molecular formula is C6H5F5O2. The van der Waals surface area contributed by atoms with Gasteiger partial charge in [0.05, 0.1) is 0 Å². The predicted octanol–water partition coefficient (Wildman–Crippen LogP) is 2.05. The van der Waals surface area contributed by atoms with E-state index >= 15 is 0 Å². The molecule has 1 saturated carbocycles. The van der Waals surface area contributed by atoms with Gasteiger partial charge in [0.2, 0.25) is 0 Å². The second kappa shape index (κ2) is 2.33. The topological polar surface area (TPSA) is 37.3 Å². The van der Waals surface area contributed by atoms with E-state index < -0.39 is 36.3 Å². The molecule has 0 bridgehead atoms. The number of carboxylic acids is 1. The molecule has 0 aliphatic heterocycles. The summed E-state index contributed by atoms with van der Waals surface area (Å²) in [5, 5.41) is 8.20. The molecule has 1 aliphatic rings. The van der Waals surface area contributed by atoms with Gasteiger partial charge in [0.25, 0.3) is 5.92 Å². The van der Waals surface area contributed by atoms with Crippen molar-refractivity contribution in [3.05, 3.63) is 0 Å². The van der Waals surface area contributed by atoms with Gasteiger partial charge in [-0.25, -0.2) is 8.78 Å². The van der Waals surface area contributed by atoms with Crippen LogP contribution in [-0.2, 0) is 4.79 Å². The number of alkyl halides is 5. The molecule has 0 aromatic carbocycles. The van der Waals surface area contributed by atoms with Gasteiger partial charge in [0.15, 0.2) is 5.41 Å². The number of carbonyl (C=O) groups is 1. The molecule has 13 heavy (non-hydrogen) atoms. The molecule has 0 aromatic rings. The zero-order valence-electron chi connectivity index (χ0n) is 6.16. The number of hydrogen-bond acceptors (Lipinski definition) is 1. The number of carboxylic acid groups (broad SMARTS) is 1. The van der Waals surface area contributed by atoms with Crippen molar-refractivity contribution < 1.29 is 31.9 Å². The van der Waals surface area contributed by atoms with E-state index in [4.69, 9.17) is 5.11 Å². The van der Waals surface area contributed by atoms with Crippen molar-refractivity contribution in [2.45, 2.75) is 24.9 Å². The maximum absolute atomic E-state index is 12.2. The summed E-state index contributed by atoms with van der Waals surface area (Å²) in [4.78, 5) is 10.2. The molecule has 7 heteroatoms. The Morgan fingerprint density at radius 1 is 1.23 bits per heavy atom. The third-order valence-corrected chi connectivity index (χ3v) is 2.07. The highest BCUT2D eigenvalue weighted by Crippen LogP contribution is 2.60. The molecule has 0 aromatic heterocycles.